The Bertz CT molecular complexity index is 1170. The first-order chi connectivity index (χ1) is 15.6. The van der Waals surface area contributed by atoms with E-state index in [4.69, 9.17) is 5.11 Å². The Labute approximate surface area is 191 Å². The molecule has 4 rings (SSSR count). The summed E-state index contributed by atoms with van der Waals surface area (Å²) < 4.78 is 55.1. The Morgan fingerprint density at radius 1 is 1.00 bits per heavy atom. The molecule has 33 heavy (non-hydrogen) atoms. The van der Waals surface area contributed by atoms with Crippen LogP contribution in [0.3, 0.4) is 0 Å². The standard InChI is InChI=1S/C24H19F4NO3S/c25-18-5-3-4-17(24(26,27)28)16(18)13-29-19-6-1-2-7-20(19)33-21(22(29)30)12-14-8-10-15(11-9-14)23(31)32/h1-11,21-22,30H,12-13H2,(H,31,32). The number of rotatable bonds is 5. The molecule has 0 aromatic heterocycles. The fourth-order valence-electron chi connectivity index (χ4n) is 3.86. The highest BCUT2D eigenvalue weighted by Gasteiger charge is 2.38. The molecule has 0 spiro atoms. The van der Waals surface area contributed by atoms with Crippen LogP contribution in [0.1, 0.15) is 27.0 Å². The number of halogens is 4. The number of carboxylic acids is 1. The predicted octanol–water partition coefficient (Wildman–Crippen LogP) is 5.58. The molecule has 3 aromatic carbocycles. The number of benzene rings is 3. The molecule has 0 bridgehead atoms. The van der Waals surface area contributed by atoms with Crippen molar-refractivity contribution in [3.63, 3.8) is 0 Å². The van der Waals surface area contributed by atoms with Gasteiger partial charge in [-0.2, -0.15) is 13.2 Å². The highest BCUT2D eigenvalue weighted by molar-refractivity contribution is 8.00. The lowest BCUT2D eigenvalue weighted by Gasteiger charge is -2.40. The average molecular weight is 477 g/mol. The maximum Gasteiger partial charge on any atom is 0.416 e. The smallest absolute Gasteiger partial charge is 0.416 e. The number of aliphatic hydroxyl groups is 1. The van der Waals surface area contributed by atoms with Crippen LogP contribution in [0.2, 0.25) is 0 Å². The Hall–Kier alpha value is -3.04. The zero-order chi connectivity index (χ0) is 23.8. The number of anilines is 1. The molecule has 0 amide bonds. The van der Waals surface area contributed by atoms with Gasteiger partial charge in [0.2, 0.25) is 0 Å². The average Bonchev–Trinajstić information content (AvgIpc) is 2.77. The predicted molar refractivity (Wildman–Crippen MR) is 117 cm³/mol. The number of thioether (sulfide) groups is 1. The van der Waals surface area contributed by atoms with Crippen LogP contribution in [0.4, 0.5) is 23.2 Å². The quantitative estimate of drug-likeness (QED) is 0.470. The van der Waals surface area contributed by atoms with Crippen molar-refractivity contribution in [3.05, 3.63) is 94.8 Å². The van der Waals surface area contributed by atoms with Gasteiger partial charge in [-0.15, -0.1) is 11.8 Å². The summed E-state index contributed by atoms with van der Waals surface area (Å²) in [6.45, 7) is -0.464. The molecule has 0 fully saturated rings. The molecule has 1 heterocycles. The molecule has 2 unspecified atom stereocenters. The molecule has 2 atom stereocenters. The summed E-state index contributed by atoms with van der Waals surface area (Å²) >= 11 is 1.37. The zero-order valence-corrected chi connectivity index (χ0v) is 17.9. The van der Waals surface area contributed by atoms with Crippen molar-refractivity contribution < 1.29 is 32.6 Å². The minimum atomic E-state index is -4.74. The van der Waals surface area contributed by atoms with E-state index >= 15 is 0 Å². The Balaban J connectivity index is 1.68. The summed E-state index contributed by atoms with van der Waals surface area (Å²) in [6.07, 6.45) is -5.61. The molecule has 0 saturated carbocycles. The minimum Gasteiger partial charge on any atom is -0.478 e. The van der Waals surface area contributed by atoms with Gasteiger partial charge in [-0.05, 0) is 48.4 Å². The van der Waals surface area contributed by atoms with Crippen molar-refractivity contribution in [1.82, 2.24) is 0 Å². The van der Waals surface area contributed by atoms with E-state index in [9.17, 15) is 27.5 Å². The van der Waals surface area contributed by atoms with E-state index in [-0.39, 0.29) is 5.56 Å². The first-order valence-corrected chi connectivity index (χ1v) is 10.9. The van der Waals surface area contributed by atoms with E-state index in [1.54, 1.807) is 36.4 Å². The van der Waals surface area contributed by atoms with Gasteiger partial charge in [-0.25, -0.2) is 9.18 Å². The number of carboxylic acid groups (broad SMARTS) is 1. The number of hydrogen-bond acceptors (Lipinski definition) is 4. The topological polar surface area (TPSA) is 60.8 Å². The van der Waals surface area contributed by atoms with Gasteiger partial charge in [0, 0.05) is 17.0 Å². The van der Waals surface area contributed by atoms with Crippen LogP contribution in [0, 0.1) is 5.82 Å². The second kappa shape index (κ2) is 9.07. The van der Waals surface area contributed by atoms with Crippen molar-refractivity contribution in [3.8, 4) is 0 Å². The number of para-hydroxylation sites is 1. The van der Waals surface area contributed by atoms with Crippen molar-refractivity contribution >= 4 is 23.4 Å². The molecular weight excluding hydrogens is 458 g/mol. The highest BCUT2D eigenvalue weighted by Crippen LogP contribution is 2.44. The maximum absolute atomic E-state index is 14.5. The SMILES string of the molecule is O=C(O)c1ccc(CC2Sc3ccccc3N(Cc3c(F)cccc3C(F)(F)F)C2O)cc1. The highest BCUT2D eigenvalue weighted by atomic mass is 32.2. The molecule has 0 saturated heterocycles. The Morgan fingerprint density at radius 2 is 1.70 bits per heavy atom. The molecule has 172 valence electrons. The summed E-state index contributed by atoms with van der Waals surface area (Å²) in [5, 5.41) is 19.7. The van der Waals surface area contributed by atoms with Crippen LogP contribution in [-0.2, 0) is 19.1 Å². The molecule has 0 radical (unpaired) electrons. The van der Waals surface area contributed by atoms with Gasteiger partial charge in [-0.3, -0.25) is 0 Å². The lowest BCUT2D eigenvalue weighted by molar-refractivity contribution is -0.138. The summed E-state index contributed by atoms with van der Waals surface area (Å²) in [7, 11) is 0. The summed E-state index contributed by atoms with van der Waals surface area (Å²) in [4.78, 5) is 13.2. The van der Waals surface area contributed by atoms with E-state index in [1.807, 2.05) is 0 Å². The maximum atomic E-state index is 14.5. The number of aliphatic hydroxyl groups excluding tert-OH is 1. The minimum absolute atomic E-state index is 0.127. The second-order valence-electron chi connectivity index (χ2n) is 7.64. The fraction of sp³-hybridized carbons (Fsp3) is 0.208. The van der Waals surface area contributed by atoms with E-state index < -0.39 is 47.1 Å². The van der Waals surface area contributed by atoms with Crippen LogP contribution < -0.4 is 4.90 Å². The number of fused-ring (bicyclic) bond motifs is 1. The van der Waals surface area contributed by atoms with Crippen LogP contribution in [0.25, 0.3) is 0 Å². The van der Waals surface area contributed by atoms with E-state index in [0.29, 0.717) is 12.1 Å². The summed E-state index contributed by atoms with van der Waals surface area (Å²) in [5.41, 5.74) is -0.204. The monoisotopic (exact) mass is 477 g/mol. The van der Waals surface area contributed by atoms with Crippen LogP contribution >= 0.6 is 11.8 Å². The number of hydrogen-bond donors (Lipinski definition) is 2. The largest absolute Gasteiger partial charge is 0.478 e. The number of carbonyl (C=O) groups is 1. The van der Waals surface area contributed by atoms with Gasteiger partial charge < -0.3 is 15.1 Å². The summed E-state index contributed by atoms with van der Waals surface area (Å²) in [6, 6.07) is 16.0. The Morgan fingerprint density at radius 3 is 2.36 bits per heavy atom. The van der Waals surface area contributed by atoms with Crippen molar-refractivity contribution in [1.29, 1.82) is 0 Å². The normalized spacial score (nSPS) is 18.2. The van der Waals surface area contributed by atoms with Crippen LogP contribution in [0.15, 0.2) is 71.6 Å². The van der Waals surface area contributed by atoms with Gasteiger partial charge in [0.1, 0.15) is 12.0 Å². The molecule has 2 N–H and O–H groups in total. The first-order valence-electron chi connectivity index (χ1n) is 10.0. The molecule has 9 heteroatoms. The first kappa shape index (κ1) is 23.1. The number of nitrogens with zero attached hydrogens (tertiary/aromatic N) is 1. The zero-order valence-electron chi connectivity index (χ0n) is 17.1. The van der Waals surface area contributed by atoms with Crippen molar-refractivity contribution in [2.45, 2.75) is 35.5 Å². The van der Waals surface area contributed by atoms with Crippen molar-refractivity contribution in [2.75, 3.05) is 4.90 Å². The van der Waals surface area contributed by atoms with Crippen LogP contribution in [-0.4, -0.2) is 27.7 Å². The fourth-order valence-corrected chi connectivity index (χ4v) is 5.19. The molecule has 1 aliphatic heterocycles. The second-order valence-corrected chi connectivity index (χ2v) is 8.92. The summed E-state index contributed by atoms with van der Waals surface area (Å²) in [5.74, 6) is -2.05. The number of aromatic carboxylic acids is 1. The lowest BCUT2D eigenvalue weighted by atomic mass is 10.0. The molecule has 4 nitrogen and oxygen atoms in total. The van der Waals surface area contributed by atoms with Gasteiger partial charge in [0.25, 0.3) is 0 Å². The van der Waals surface area contributed by atoms with Gasteiger partial charge in [0.05, 0.1) is 22.1 Å². The van der Waals surface area contributed by atoms with E-state index in [0.717, 1.165) is 28.7 Å². The molecule has 1 aliphatic rings. The van der Waals surface area contributed by atoms with E-state index in [1.165, 1.54) is 28.8 Å². The molecule has 3 aromatic rings. The third-order valence-corrected chi connectivity index (χ3v) is 6.81. The Kier molecular flexibility index (Phi) is 6.36. The van der Waals surface area contributed by atoms with Crippen molar-refractivity contribution in [2.24, 2.45) is 0 Å². The molecular formula is C24H19F4NO3S. The third-order valence-electron chi connectivity index (χ3n) is 5.50. The van der Waals surface area contributed by atoms with Gasteiger partial charge >= 0.3 is 12.1 Å². The van der Waals surface area contributed by atoms with Crippen LogP contribution in [0.5, 0.6) is 0 Å². The van der Waals surface area contributed by atoms with Gasteiger partial charge in [-0.1, -0.05) is 30.3 Å². The van der Waals surface area contributed by atoms with E-state index in [2.05, 4.69) is 0 Å². The lowest BCUT2D eigenvalue weighted by Crippen LogP contribution is -2.46. The third kappa shape index (κ3) is 4.84. The van der Waals surface area contributed by atoms with Gasteiger partial charge in [0.15, 0.2) is 0 Å². The number of alkyl halides is 3. The molecule has 0 aliphatic carbocycles.